The third-order valence-electron chi connectivity index (χ3n) is 4.37. The van der Waals surface area contributed by atoms with Crippen molar-refractivity contribution in [3.05, 3.63) is 119 Å². The Labute approximate surface area is 158 Å². The quantitative estimate of drug-likeness (QED) is 0.382. The van der Waals surface area contributed by atoms with Crippen LogP contribution >= 0.6 is 7.92 Å². The van der Waals surface area contributed by atoms with Gasteiger partial charge in [0.1, 0.15) is 0 Å². The Kier molecular flexibility index (Phi) is 6.99. The Morgan fingerprint density at radius 2 is 1.08 bits per heavy atom. The van der Waals surface area contributed by atoms with Crippen LogP contribution in [0, 0.1) is 0 Å². The summed E-state index contributed by atoms with van der Waals surface area (Å²) in [7, 11) is -0.332. The monoisotopic (exact) mass is 356 g/mol. The van der Waals surface area contributed by atoms with Gasteiger partial charge >= 0.3 is 0 Å². The van der Waals surface area contributed by atoms with Crippen molar-refractivity contribution < 1.29 is 0 Å². The van der Waals surface area contributed by atoms with Crippen molar-refractivity contribution in [2.24, 2.45) is 0 Å². The fourth-order valence-corrected chi connectivity index (χ4v) is 4.78. The molecule has 3 aromatic carbocycles. The van der Waals surface area contributed by atoms with E-state index in [4.69, 9.17) is 0 Å². The van der Waals surface area contributed by atoms with E-state index in [-0.39, 0.29) is 7.92 Å². The summed E-state index contributed by atoms with van der Waals surface area (Å²) in [5.41, 5.74) is 3.95. The number of rotatable bonds is 7. The zero-order chi connectivity index (χ0) is 18.0. The molecular formula is C25H25P. The summed E-state index contributed by atoms with van der Waals surface area (Å²) in [6.07, 6.45) is 5.68. The molecule has 0 bridgehead atoms. The second-order valence-corrected chi connectivity index (χ2v) is 8.45. The minimum Gasteiger partial charge on any atom is -0.0622 e. The average molecular weight is 356 g/mol. The zero-order valence-electron chi connectivity index (χ0n) is 15.2. The van der Waals surface area contributed by atoms with Crippen LogP contribution in [0.2, 0.25) is 0 Å². The first-order chi connectivity index (χ1) is 12.8. The van der Waals surface area contributed by atoms with Gasteiger partial charge in [0, 0.05) is 0 Å². The van der Waals surface area contributed by atoms with Gasteiger partial charge in [0.25, 0.3) is 0 Å². The summed E-state index contributed by atoms with van der Waals surface area (Å²) in [5.74, 6) is 5.33. The molecule has 0 nitrogen and oxygen atoms in total. The van der Waals surface area contributed by atoms with Crippen LogP contribution < -0.4 is 0 Å². The summed E-state index contributed by atoms with van der Waals surface area (Å²) >= 11 is 0. The Bertz CT molecular complexity index is 770. The molecule has 26 heavy (non-hydrogen) atoms. The lowest BCUT2D eigenvalue weighted by Gasteiger charge is -2.16. The maximum atomic E-state index is 2.39. The molecule has 0 saturated carbocycles. The van der Waals surface area contributed by atoms with E-state index in [0.29, 0.717) is 5.92 Å². The third kappa shape index (κ3) is 5.83. The SMILES string of the molecule is CC(CP(/C=C/c1ccccc1)/C=C/c1ccccc1)c1ccccc1. The molecule has 1 unspecified atom stereocenters. The van der Waals surface area contributed by atoms with E-state index in [1.165, 1.54) is 16.7 Å². The second kappa shape index (κ2) is 9.90. The van der Waals surface area contributed by atoms with Gasteiger partial charge in [-0.2, -0.15) is 0 Å². The first-order valence-corrected chi connectivity index (χ1v) is 10.7. The van der Waals surface area contributed by atoms with Crippen molar-refractivity contribution in [2.75, 3.05) is 6.16 Å². The molecule has 0 spiro atoms. The van der Waals surface area contributed by atoms with Gasteiger partial charge in [-0.25, -0.2) is 0 Å². The number of hydrogen-bond acceptors (Lipinski definition) is 0. The van der Waals surface area contributed by atoms with Crippen molar-refractivity contribution in [1.29, 1.82) is 0 Å². The Balaban J connectivity index is 1.76. The van der Waals surface area contributed by atoms with Crippen LogP contribution in [0.1, 0.15) is 29.5 Å². The molecule has 0 radical (unpaired) electrons. The van der Waals surface area contributed by atoms with Crippen molar-refractivity contribution in [3.8, 4) is 0 Å². The van der Waals surface area contributed by atoms with Gasteiger partial charge in [-0.3, -0.25) is 0 Å². The van der Waals surface area contributed by atoms with Crippen molar-refractivity contribution in [1.82, 2.24) is 0 Å². The maximum Gasteiger partial charge on any atom is -0.0145 e. The Morgan fingerprint density at radius 3 is 1.54 bits per heavy atom. The lowest BCUT2D eigenvalue weighted by Crippen LogP contribution is -1.97. The van der Waals surface area contributed by atoms with E-state index < -0.39 is 0 Å². The summed E-state index contributed by atoms with van der Waals surface area (Å²) in [5, 5.41) is 0. The Hall–Kier alpha value is -2.43. The van der Waals surface area contributed by atoms with Gasteiger partial charge in [0.15, 0.2) is 0 Å². The minimum absolute atomic E-state index is 0.332. The first kappa shape index (κ1) is 18.4. The van der Waals surface area contributed by atoms with Gasteiger partial charge in [-0.05, 0) is 28.8 Å². The van der Waals surface area contributed by atoms with Crippen LogP contribution in [-0.4, -0.2) is 6.16 Å². The van der Waals surface area contributed by atoms with E-state index in [0.717, 1.165) is 6.16 Å². The van der Waals surface area contributed by atoms with Crippen LogP contribution in [0.15, 0.2) is 103 Å². The van der Waals surface area contributed by atoms with E-state index in [9.17, 15) is 0 Å². The predicted octanol–water partition coefficient (Wildman–Crippen LogP) is 7.61. The molecule has 0 heterocycles. The average Bonchev–Trinajstić information content (AvgIpc) is 2.72. The van der Waals surface area contributed by atoms with Crippen molar-refractivity contribution in [2.45, 2.75) is 12.8 Å². The molecule has 3 rings (SSSR count). The topological polar surface area (TPSA) is 0 Å². The van der Waals surface area contributed by atoms with Crippen LogP contribution in [0.25, 0.3) is 12.2 Å². The Morgan fingerprint density at radius 1 is 0.654 bits per heavy atom. The molecule has 0 aliphatic carbocycles. The van der Waals surface area contributed by atoms with Gasteiger partial charge in [0.05, 0.1) is 0 Å². The normalized spacial score (nSPS) is 12.8. The van der Waals surface area contributed by atoms with Gasteiger partial charge < -0.3 is 0 Å². The van der Waals surface area contributed by atoms with E-state index in [2.05, 4.69) is 122 Å². The van der Waals surface area contributed by atoms with Gasteiger partial charge in [-0.1, -0.05) is 130 Å². The minimum atomic E-state index is -0.332. The largest absolute Gasteiger partial charge is 0.0622 e. The summed E-state index contributed by atoms with van der Waals surface area (Å²) in [6.45, 7) is 2.33. The lowest BCUT2D eigenvalue weighted by atomic mass is 10.0. The second-order valence-electron chi connectivity index (χ2n) is 6.46. The summed E-state index contributed by atoms with van der Waals surface area (Å²) in [6, 6.07) is 31.9. The fourth-order valence-electron chi connectivity index (χ4n) is 2.87. The predicted molar refractivity (Wildman–Crippen MR) is 118 cm³/mol. The molecule has 1 atom stereocenters. The highest BCUT2D eigenvalue weighted by atomic mass is 31.1. The molecule has 0 fully saturated rings. The highest BCUT2D eigenvalue weighted by molar-refractivity contribution is 7.64. The van der Waals surface area contributed by atoms with E-state index in [1.807, 2.05) is 0 Å². The van der Waals surface area contributed by atoms with Gasteiger partial charge in [0.2, 0.25) is 0 Å². The highest BCUT2D eigenvalue weighted by Crippen LogP contribution is 2.44. The van der Waals surface area contributed by atoms with Gasteiger partial charge in [-0.15, -0.1) is 0 Å². The van der Waals surface area contributed by atoms with Crippen LogP contribution in [0.3, 0.4) is 0 Å². The zero-order valence-corrected chi connectivity index (χ0v) is 16.1. The molecule has 0 aromatic heterocycles. The van der Waals surface area contributed by atoms with Crippen molar-refractivity contribution >= 4 is 20.1 Å². The molecule has 0 amide bonds. The van der Waals surface area contributed by atoms with Crippen molar-refractivity contribution in [3.63, 3.8) is 0 Å². The molecule has 0 saturated heterocycles. The van der Waals surface area contributed by atoms with E-state index >= 15 is 0 Å². The fraction of sp³-hybridized carbons (Fsp3) is 0.120. The number of hydrogen-bond donors (Lipinski definition) is 0. The molecule has 3 aromatic rings. The molecule has 1 heteroatoms. The van der Waals surface area contributed by atoms with Crippen LogP contribution in [-0.2, 0) is 0 Å². The summed E-state index contributed by atoms with van der Waals surface area (Å²) in [4.78, 5) is 0. The molecule has 0 aliphatic heterocycles. The molecule has 130 valence electrons. The standard InChI is InChI=1S/C25H25P/c1-22(25-15-9-4-10-16-25)21-26(19-17-23-11-5-2-6-12-23)20-18-24-13-7-3-8-14-24/h2-20,22H,21H2,1H3/b19-17+,20-18+. The third-order valence-corrected chi connectivity index (χ3v) is 6.40. The highest BCUT2D eigenvalue weighted by Gasteiger charge is 2.10. The van der Waals surface area contributed by atoms with Crippen LogP contribution in [0.5, 0.6) is 0 Å². The lowest BCUT2D eigenvalue weighted by molar-refractivity contribution is 0.877. The molecule has 0 N–H and O–H groups in total. The smallest absolute Gasteiger partial charge is 0.0145 e. The molecule has 0 aliphatic rings. The summed E-state index contributed by atoms with van der Waals surface area (Å²) < 4.78 is 0. The number of benzene rings is 3. The van der Waals surface area contributed by atoms with Crippen LogP contribution in [0.4, 0.5) is 0 Å². The maximum absolute atomic E-state index is 2.39. The first-order valence-electron chi connectivity index (χ1n) is 9.08. The van der Waals surface area contributed by atoms with E-state index in [1.54, 1.807) is 0 Å². The molecular weight excluding hydrogens is 331 g/mol.